The molecule has 5 heteroatoms. The minimum absolute atomic E-state index is 0.0416. The van der Waals surface area contributed by atoms with Gasteiger partial charge in [0.2, 0.25) is 5.91 Å². The second kappa shape index (κ2) is 5.79. The molecule has 2 heterocycles. The Kier molecular flexibility index (Phi) is 4.02. The van der Waals surface area contributed by atoms with Crippen molar-refractivity contribution in [3.63, 3.8) is 0 Å². The fourth-order valence-corrected chi connectivity index (χ4v) is 3.70. The number of hydrogen-bond acceptors (Lipinski definition) is 3. The monoisotopic (exact) mass is 291 g/mol. The van der Waals surface area contributed by atoms with E-state index < -0.39 is 0 Å². The summed E-state index contributed by atoms with van der Waals surface area (Å²) in [6.45, 7) is 3.96. The summed E-state index contributed by atoms with van der Waals surface area (Å²) in [5, 5.41) is 16.7. The molecule has 1 aromatic rings. The van der Waals surface area contributed by atoms with Crippen LogP contribution in [0, 0.1) is 11.3 Å². The van der Waals surface area contributed by atoms with Crippen molar-refractivity contribution in [2.45, 2.75) is 45.4 Å². The first-order valence-electron chi connectivity index (χ1n) is 8.08. The number of aliphatic hydroxyl groups excluding tert-OH is 1. The molecule has 2 aliphatic rings. The smallest absolute Gasteiger partial charge is 0.226 e. The van der Waals surface area contributed by atoms with E-state index in [1.54, 1.807) is 0 Å². The van der Waals surface area contributed by atoms with Crippen molar-refractivity contribution in [3.05, 3.63) is 17.5 Å². The number of carbonyl (C=O) groups is 1. The summed E-state index contributed by atoms with van der Waals surface area (Å²) in [6, 6.07) is 0. The Labute approximate surface area is 125 Å². The molecule has 5 nitrogen and oxygen atoms in total. The second-order valence-corrected chi connectivity index (χ2v) is 6.65. The van der Waals surface area contributed by atoms with Gasteiger partial charge in [-0.2, -0.15) is 5.10 Å². The zero-order valence-corrected chi connectivity index (χ0v) is 12.8. The van der Waals surface area contributed by atoms with E-state index in [0.29, 0.717) is 0 Å². The van der Waals surface area contributed by atoms with Crippen LogP contribution in [-0.2, 0) is 17.6 Å². The molecular weight excluding hydrogens is 266 g/mol. The van der Waals surface area contributed by atoms with Crippen LogP contribution < -0.4 is 0 Å². The Morgan fingerprint density at radius 3 is 2.95 bits per heavy atom. The standard InChI is InChI=1S/C16H25N3O2/c1-2-16(11-20)5-7-19(8-6-16)15(21)12-3-4-13-10-17-18-14(13)9-12/h10,12,20H,2-9,11H2,1H3,(H,17,18). The van der Waals surface area contributed by atoms with E-state index >= 15 is 0 Å². The van der Waals surface area contributed by atoms with Crippen molar-refractivity contribution in [2.24, 2.45) is 11.3 Å². The van der Waals surface area contributed by atoms with Gasteiger partial charge in [-0.3, -0.25) is 9.89 Å². The van der Waals surface area contributed by atoms with E-state index in [2.05, 4.69) is 17.1 Å². The van der Waals surface area contributed by atoms with Crippen LogP contribution in [0.1, 0.15) is 43.9 Å². The lowest BCUT2D eigenvalue weighted by Crippen LogP contribution is -2.47. The predicted molar refractivity (Wildman–Crippen MR) is 79.7 cm³/mol. The zero-order valence-electron chi connectivity index (χ0n) is 12.8. The topological polar surface area (TPSA) is 69.2 Å². The minimum Gasteiger partial charge on any atom is -0.396 e. The van der Waals surface area contributed by atoms with Crippen LogP contribution in [0.4, 0.5) is 0 Å². The Balaban J connectivity index is 1.60. The summed E-state index contributed by atoms with van der Waals surface area (Å²) < 4.78 is 0. The molecule has 0 aromatic carbocycles. The van der Waals surface area contributed by atoms with Gasteiger partial charge in [-0.15, -0.1) is 0 Å². The Hall–Kier alpha value is -1.36. The van der Waals surface area contributed by atoms with Crippen LogP contribution in [0.15, 0.2) is 6.20 Å². The van der Waals surface area contributed by atoms with Gasteiger partial charge in [0.15, 0.2) is 0 Å². The number of likely N-dealkylation sites (tertiary alicyclic amines) is 1. The maximum Gasteiger partial charge on any atom is 0.226 e. The number of nitrogens with zero attached hydrogens (tertiary/aromatic N) is 2. The average molecular weight is 291 g/mol. The van der Waals surface area contributed by atoms with Crippen LogP contribution >= 0.6 is 0 Å². The quantitative estimate of drug-likeness (QED) is 0.887. The Morgan fingerprint density at radius 1 is 1.52 bits per heavy atom. The van der Waals surface area contributed by atoms with Crippen LogP contribution in [-0.4, -0.2) is 45.8 Å². The zero-order chi connectivity index (χ0) is 14.9. The predicted octanol–water partition coefficient (Wildman–Crippen LogP) is 1.53. The molecule has 3 rings (SSSR count). The number of aromatic amines is 1. The van der Waals surface area contributed by atoms with Gasteiger partial charge in [0.1, 0.15) is 0 Å². The van der Waals surface area contributed by atoms with Crippen LogP contribution in [0.25, 0.3) is 0 Å². The summed E-state index contributed by atoms with van der Waals surface area (Å²) in [5.74, 6) is 0.388. The molecule has 0 saturated carbocycles. The van der Waals surface area contributed by atoms with Gasteiger partial charge in [0.05, 0.1) is 6.20 Å². The molecule has 21 heavy (non-hydrogen) atoms. The first-order valence-corrected chi connectivity index (χ1v) is 8.08. The normalized spacial score (nSPS) is 24.7. The van der Waals surface area contributed by atoms with Gasteiger partial charge in [0.25, 0.3) is 0 Å². The third-order valence-electron chi connectivity index (χ3n) is 5.59. The van der Waals surface area contributed by atoms with Crippen molar-refractivity contribution in [1.82, 2.24) is 15.1 Å². The fraction of sp³-hybridized carbons (Fsp3) is 0.750. The van der Waals surface area contributed by atoms with E-state index in [1.807, 2.05) is 11.1 Å². The van der Waals surface area contributed by atoms with E-state index in [-0.39, 0.29) is 23.8 Å². The number of nitrogens with one attached hydrogen (secondary N) is 1. The first kappa shape index (κ1) is 14.6. The molecule has 1 aliphatic carbocycles. The lowest BCUT2D eigenvalue weighted by molar-refractivity contribution is -0.138. The maximum absolute atomic E-state index is 12.7. The van der Waals surface area contributed by atoms with E-state index in [4.69, 9.17) is 0 Å². The third-order valence-corrected chi connectivity index (χ3v) is 5.59. The number of fused-ring (bicyclic) bond motifs is 1. The van der Waals surface area contributed by atoms with Crippen LogP contribution in [0.5, 0.6) is 0 Å². The molecule has 2 N–H and O–H groups in total. The van der Waals surface area contributed by atoms with Crippen molar-refractivity contribution in [3.8, 4) is 0 Å². The highest BCUT2D eigenvalue weighted by Crippen LogP contribution is 2.35. The number of rotatable bonds is 3. The van der Waals surface area contributed by atoms with E-state index in [9.17, 15) is 9.90 Å². The second-order valence-electron chi connectivity index (χ2n) is 6.65. The van der Waals surface area contributed by atoms with E-state index in [1.165, 1.54) is 5.56 Å². The van der Waals surface area contributed by atoms with Crippen molar-refractivity contribution < 1.29 is 9.90 Å². The van der Waals surface area contributed by atoms with Gasteiger partial charge in [-0.25, -0.2) is 0 Å². The molecular formula is C16H25N3O2. The Bertz CT molecular complexity index is 497. The van der Waals surface area contributed by atoms with Gasteiger partial charge in [-0.05, 0) is 43.1 Å². The molecule has 1 fully saturated rings. The Morgan fingerprint density at radius 2 is 2.29 bits per heavy atom. The molecule has 1 aliphatic heterocycles. The number of aryl methyl sites for hydroxylation is 1. The number of carbonyl (C=O) groups excluding carboxylic acids is 1. The molecule has 0 bridgehead atoms. The van der Waals surface area contributed by atoms with Gasteiger partial charge >= 0.3 is 0 Å². The molecule has 1 atom stereocenters. The largest absolute Gasteiger partial charge is 0.396 e. The third kappa shape index (κ3) is 2.71. The SMILES string of the molecule is CCC1(CO)CCN(C(=O)C2CCc3cn[nH]c3C2)CC1. The van der Waals surface area contributed by atoms with Gasteiger partial charge in [0, 0.05) is 37.7 Å². The number of aromatic nitrogens is 2. The first-order chi connectivity index (χ1) is 10.2. The van der Waals surface area contributed by atoms with E-state index in [0.717, 1.165) is 57.3 Å². The lowest BCUT2D eigenvalue weighted by atomic mass is 9.76. The summed E-state index contributed by atoms with van der Waals surface area (Å²) >= 11 is 0. The number of H-pyrrole nitrogens is 1. The molecule has 0 radical (unpaired) electrons. The molecule has 116 valence electrons. The number of piperidine rings is 1. The van der Waals surface area contributed by atoms with Crippen LogP contribution in [0.2, 0.25) is 0 Å². The highest BCUT2D eigenvalue weighted by atomic mass is 16.3. The summed E-state index contributed by atoms with van der Waals surface area (Å²) in [7, 11) is 0. The number of aliphatic hydroxyl groups is 1. The van der Waals surface area contributed by atoms with Gasteiger partial charge in [-0.1, -0.05) is 6.92 Å². The summed E-state index contributed by atoms with van der Waals surface area (Å²) in [6.07, 6.45) is 7.40. The van der Waals surface area contributed by atoms with Crippen molar-refractivity contribution in [1.29, 1.82) is 0 Å². The summed E-state index contributed by atoms with van der Waals surface area (Å²) in [4.78, 5) is 14.7. The fourth-order valence-electron chi connectivity index (χ4n) is 3.70. The highest BCUT2D eigenvalue weighted by molar-refractivity contribution is 5.79. The maximum atomic E-state index is 12.7. The summed E-state index contributed by atoms with van der Waals surface area (Å²) in [5.41, 5.74) is 2.44. The molecule has 1 aromatic heterocycles. The van der Waals surface area contributed by atoms with Crippen molar-refractivity contribution in [2.75, 3.05) is 19.7 Å². The molecule has 0 spiro atoms. The number of amides is 1. The van der Waals surface area contributed by atoms with Crippen LogP contribution in [0.3, 0.4) is 0 Å². The lowest BCUT2D eigenvalue weighted by Gasteiger charge is -2.41. The number of hydrogen-bond donors (Lipinski definition) is 2. The molecule has 1 unspecified atom stereocenters. The van der Waals surface area contributed by atoms with Gasteiger partial charge < -0.3 is 10.0 Å². The molecule has 1 saturated heterocycles. The average Bonchev–Trinajstić information content (AvgIpc) is 3.02. The van der Waals surface area contributed by atoms with Crippen molar-refractivity contribution >= 4 is 5.91 Å². The highest BCUT2D eigenvalue weighted by Gasteiger charge is 2.36. The minimum atomic E-state index is 0.0416. The molecule has 1 amide bonds.